The fourth-order valence-electron chi connectivity index (χ4n) is 1.93. The first kappa shape index (κ1) is 19.4. The van der Waals surface area contributed by atoms with Gasteiger partial charge in [0, 0.05) is 17.7 Å². The zero-order valence-electron chi connectivity index (χ0n) is 13.4. The third-order valence-corrected chi connectivity index (χ3v) is 3.15. The minimum atomic E-state index is -1.01. The van der Waals surface area contributed by atoms with E-state index in [-0.39, 0.29) is 16.4 Å². The highest BCUT2D eigenvalue weighted by molar-refractivity contribution is 7.80. The van der Waals surface area contributed by atoms with Gasteiger partial charge >= 0.3 is 5.97 Å². The van der Waals surface area contributed by atoms with Crippen LogP contribution in [0.1, 0.15) is 15.9 Å². The number of non-ortho nitro benzene ring substituents is 2. The highest BCUT2D eigenvalue weighted by Gasteiger charge is 2.21. The summed E-state index contributed by atoms with van der Waals surface area (Å²) in [6.07, 6.45) is 1.29. The van der Waals surface area contributed by atoms with Gasteiger partial charge in [0.1, 0.15) is 5.75 Å². The van der Waals surface area contributed by atoms with Gasteiger partial charge in [-0.2, -0.15) is 5.10 Å². The maximum atomic E-state index is 12.3. The monoisotopic (exact) mass is 389 g/mol. The van der Waals surface area contributed by atoms with Crippen molar-refractivity contribution in [3.8, 4) is 5.75 Å². The molecule has 2 aromatic carbocycles. The van der Waals surface area contributed by atoms with E-state index in [0.29, 0.717) is 5.56 Å². The van der Waals surface area contributed by atoms with E-state index < -0.39 is 27.2 Å². The van der Waals surface area contributed by atoms with Crippen LogP contribution in [0.2, 0.25) is 0 Å². The van der Waals surface area contributed by atoms with Gasteiger partial charge in [0.2, 0.25) is 0 Å². The molecule has 3 N–H and O–H groups in total. The molecule has 138 valence electrons. The van der Waals surface area contributed by atoms with Gasteiger partial charge < -0.3 is 10.5 Å². The van der Waals surface area contributed by atoms with Gasteiger partial charge in [0.05, 0.1) is 27.7 Å². The number of nitro benzene ring substituents is 2. The largest absolute Gasteiger partial charge is 0.422 e. The molecule has 0 aromatic heterocycles. The molecule has 11 nitrogen and oxygen atoms in total. The zero-order chi connectivity index (χ0) is 20.0. The van der Waals surface area contributed by atoms with Gasteiger partial charge in [-0.15, -0.1) is 0 Å². The molecule has 0 saturated carbocycles. The molecule has 0 aliphatic rings. The normalized spacial score (nSPS) is 10.4. The number of nitrogens with one attached hydrogen (secondary N) is 1. The van der Waals surface area contributed by atoms with Crippen LogP contribution in [0.25, 0.3) is 0 Å². The Morgan fingerprint density at radius 2 is 1.74 bits per heavy atom. The molecule has 0 atom stereocenters. The maximum Gasteiger partial charge on any atom is 0.344 e. The number of benzene rings is 2. The van der Waals surface area contributed by atoms with Crippen molar-refractivity contribution >= 4 is 40.9 Å². The standard InChI is InChI=1S/C15H11N5O6S/c16-15(27)18-17-8-9-3-1-2-4-13(9)26-14(21)10-5-11(19(22)23)7-12(6-10)20(24)25/h1-8H,(H3,16,18,27). The van der Waals surface area contributed by atoms with Crippen LogP contribution in [0.15, 0.2) is 47.6 Å². The molecule has 0 radical (unpaired) electrons. The molecule has 0 bridgehead atoms. The van der Waals surface area contributed by atoms with E-state index in [1.165, 1.54) is 12.3 Å². The molecular formula is C15H11N5O6S. The molecule has 2 aromatic rings. The predicted octanol–water partition coefficient (Wildman–Crippen LogP) is 1.89. The van der Waals surface area contributed by atoms with Crippen LogP contribution in [0.4, 0.5) is 11.4 Å². The number of nitrogens with two attached hydrogens (primary N) is 1. The molecule has 0 unspecified atom stereocenters. The van der Waals surface area contributed by atoms with Gasteiger partial charge in [-0.25, -0.2) is 4.79 Å². The topological polar surface area (TPSA) is 163 Å². The van der Waals surface area contributed by atoms with Crippen molar-refractivity contribution in [2.45, 2.75) is 0 Å². The summed E-state index contributed by atoms with van der Waals surface area (Å²) >= 11 is 4.60. The summed E-state index contributed by atoms with van der Waals surface area (Å²) in [5.41, 5.74) is 6.39. The Bertz CT molecular complexity index is 929. The lowest BCUT2D eigenvalue weighted by Crippen LogP contribution is -2.24. The number of carbonyl (C=O) groups excluding carboxylic acids is 1. The van der Waals surface area contributed by atoms with Crippen LogP contribution >= 0.6 is 12.2 Å². The quantitative estimate of drug-likeness (QED) is 0.187. The first-order valence-corrected chi connectivity index (χ1v) is 7.52. The summed E-state index contributed by atoms with van der Waals surface area (Å²) in [6.45, 7) is 0. The Morgan fingerprint density at radius 1 is 1.15 bits per heavy atom. The van der Waals surface area contributed by atoms with E-state index in [2.05, 4.69) is 22.7 Å². The maximum absolute atomic E-state index is 12.3. The first-order valence-electron chi connectivity index (χ1n) is 7.11. The molecule has 0 aliphatic heterocycles. The molecular weight excluding hydrogens is 378 g/mol. The fourth-order valence-corrected chi connectivity index (χ4v) is 1.98. The lowest BCUT2D eigenvalue weighted by atomic mass is 10.1. The van der Waals surface area contributed by atoms with E-state index in [4.69, 9.17) is 10.5 Å². The summed E-state index contributed by atoms with van der Waals surface area (Å²) in [5, 5.41) is 25.5. The SMILES string of the molecule is NC(=S)NN=Cc1ccccc1OC(=O)c1cc([N+](=O)[O-])cc([N+](=O)[O-])c1. The molecule has 2 rings (SSSR count). The Balaban J connectivity index is 2.33. The predicted molar refractivity (Wildman–Crippen MR) is 98.7 cm³/mol. The summed E-state index contributed by atoms with van der Waals surface area (Å²) < 4.78 is 5.19. The molecule has 0 saturated heterocycles. The fraction of sp³-hybridized carbons (Fsp3) is 0. The molecule has 0 amide bonds. The smallest absolute Gasteiger partial charge is 0.344 e. The average molecular weight is 389 g/mol. The molecule has 0 aliphatic carbocycles. The molecule has 27 heavy (non-hydrogen) atoms. The van der Waals surface area contributed by atoms with Crippen LogP contribution in [-0.2, 0) is 0 Å². The van der Waals surface area contributed by atoms with E-state index in [0.717, 1.165) is 18.2 Å². The van der Waals surface area contributed by atoms with Crippen molar-refractivity contribution in [2.24, 2.45) is 10.8 Å². The average Bonchev–Trinajstić information content (AvgIpc) is 2.62. The van der Waals surface area contributed by atoms with Gasteiger partial charge in [-0.3, -0.25) is 25.7 Å². The molecule has 0 heterocycles. The lowest BCUT2D eigenvalue weighted by Gasteiger charge is -2.07. The summed E-state index contributed by atoms with van der Waals surface area (Å²) in [4.78, 5) is 32.5. The van der Waals surface area contributed by atoms with Crippen LogP contribution in [0.3, 0.4) is 0 Å². The molecule has 0 fully saturated rings. The number of esters is 1. The third-order valence-electron chi connectivity index (χ3n) is 3.06. The van der Waals surface area contributed by atoms with E-state index in [1.807, 2.05) is 0 Å². The number of nitrogens with zero attached hydrogens (tertiary/aromatic N) is 3. The van der Waals surface area contributed by atoms with Crippen LogP contribution < -0.4 is 15.9 Å². The third kappa shape index (κ3) is 5.27. The van der Waals surface area contributed by atoms with Crippen molar-refractivity contribution in [1.29, 1.82) is 0 Å². The van der Waals surface area contributed by atoms with Gasteiger partial charge in [-0.05, 0) is 24.4 Å². The number of hydrogen-bond donors (Lipinski definition) is 2. The number of thiocarbonyl (C=S) groups is 1. The molecule has 12 heteroatoms. The lowest BCUT2D eigenvalue weighted by molar-refractivity contribution is -0.394. The summed E-state index contributed by atoms with van der Waals surface area (Å²) in [7, 11) is 0. The number of para-hydroxylation sites is 1. The second-order valence-corrected chi connectivity index (χ2v) is 5.35. The number of rotatable bonds is 6. The summed E-state index contributed by atoms with van der Waals surface area (Å²) in [6, 6.07) is 8.78. The van der Waals surface area contributed by atoms with Crippen molar-refractivity contribution in [3.05, 3.63) is 73.8 Å². The van der Waals surface area contributed by atoms with Crippen molar-refractivity contribution in [1.82, 2.24) is 5.43 Å². The highest BCUT2D eigenvalue weighted by atomic mass is 32.1. The number of hydrogen-bond acceptors (Lipinski definition) is 8. The summed E-state index contributed by atoms with van der Waals surface area (Å²) in [5.74, 6) is -0.935. The second-order valence-electron chi connectivity index (χ2n) is 4.91. The Labute approximate surface area is 156 Å². The first-order chi connectivity index (χ1) is 12.8. The minimum Gasteiger partial charge on any atom is -0.422 e. The minimum absolute atomic E-state index is 0.0652. The Hall–Kier alpha value is -3.93. The number of hydrazone groups is 1. The van der Waals surface area contributed by atoms with Crippen molar-refractivity contribution < 1.29 is 19.4 Å². The van der Waals surface area contributed by atoms with Crippen LogP contribution in [0, 0.1) is 20.2 Å². The van der Waals surface area contributed by atoms with Crippen molar-refractivity contribution in [2.75, 3.05) is 0 Å². The second kappa shape index (κ2) is 8.44. The molecule has 0 spiro atoms. The van der Waals surface area contributed by atoms with Crippen molar-refractivity contribution in [3.63, 3.8) is 0 Å². The zero-order valence-corrected chi connectivity index (χ0v) is 14.2. The van der Waals surface area contributed by atoms with E-state index in [1.54, 1.807) is 18.2 Å². The van der Waals surface area contributed by atoms with E-state index >= 15 is 0 Å². The van der Waals surface area contributed by atoms with Crippen LogP contribution in [0.5, 0.6) is 5.75 Å². The van der Waals surface area contributed by atoms with Gasteiger partial charge in [-0.1, -0.05) is 12.1 Å². The van der Waals surface area contributed by atoms with Crippen LogP contribution in [-0.4, -0.2) is 27.1 Å². The Kier molecular flexibility index (Phi) is 6.06. The number of nitro groups is 2. The number of carbonyl (C=O) groups is 1. The van der Waals surface area contributed by atoms with Gasteiger partial charge in [0.15, 0.2) is 5.11 Å². The van der Waals surface area contributed by atoms with E-state index in [9.17, 15) is 25.0 Å². The highest BCUT2D eigenvalue weighted by Crippen LogP contribution is 2.24. The number of ether oxygens (including phenoxy) is 1. The van der Waals surface area contributed by atoms with Gasteiger partial charge in [0.25, 0.3) is 11.4 Å². The Morgan fingerprint density at radius 3 is 2.30 bits per heavy atom.